The number of aliphatic hydroxyl groups excluding tert-OH is 1. The molecule has 4 N–H and O–H groups in total. The van der Waals surface area contributed by atoms with Crippen molar-refractivity contribution in [3.8, 4) is 11.3 Å². The van der Waals surface area contributed by atoms with Gasteiger partial charge in [-0.1, -0.05) is 36.4 Å². The fourth-order valence-electron chi connectivity index (χ4n) is 4.31. The lowest BCUT2D eigenvalue weighted by atomic mass is 9.94. The van der Waals surface area contributed by atoms with Gasteiger partial charge >= 0.3 is 0 Å². The van der Waals surface area contributed by atoms with Gasteiger partial charge in [-0.05, 0) is 30.5 Å². The molecule has 0 bridgehead atoms. The number of nitrogen functional groups attached to an aromatic ring is 1. The number of piperidine rings is 1. The van der Waals surface area contributed by atoms with Crippen LogP contribution in [0.5, 0.6) is 0 Å². The largest absolute Gasteiger partial charge is 0.394 e. The average Bonchev–Trinajstić information content (AvgIpc) is 2.87. The van der Waals surface area contributed by atoms with E-state index in [0.29, 0.717) is 48.4 Å². The van der Waals surface area contributed by atoms with Crippen molar-refractivity contribution >= 4 is 21.7 Å². The van der Waals surface area contributed by atoms with Crippen LogP contribution in [0.2, 0.25) is 0 Å². The second kappa shape index (κ2) is 10.7. The Labute approximate surface area is 209 Å². The van der Waals surface area contributed by atoms with Crippen molar-refractivity contribution < 1.29 is 22.7 Å². The Bertz CT molecular complexity index is 1350. The normalized spacial score (nSPS) is 16.0. The Kier molecular flexibility index (Phi) is 7.62. The summed E-state index contributed by atoms with van der Waals surface area (Å²) >= 11 is 0. The molecule has 36 heavy (non-hydrogen) atoms. The predicted octanol–water partition coefficient (Wildman–Crippen LogP) is 2.47. The first-order valence-corrected chi connectivity index (χ1v) is 13.4. The van der Waals surface area contributed by atoms with E-state index in [4.69, 9.17) is 5.73 Å². The van der Waals surface area contributed by atoms with Crippen LogP contribution < -0.4 is 11.1 Å². The van der Waals surface area contributed by atoms with Crippen molar-refractivity contribution in [3.05, 3.63) is 77.4 Å². The van der Waals surface area contributed by atoms with E-state index >= 15 is 4.39 Å². The Morgan fingerprint density at radius 1 is 1.22 bits per heavy atom. The monoisotopic (exact) mass is 513 g/mol. The number of nitrogens with two attached hydrogens (primary N) is 1. The van der Waals surface area contributed by atoms with E-state index in [0.717, 1.165) is 0 Å². The minimum absolute atomic E-state index is 0.00171. The van der Waals surface area contributed by atoms with Crippen molar-refractivity contribution in [3.63, 3.8) is 0 Å². The van der Waals surface area contributed by atoms with Gasteiger partial charge in [0.15, 0.2) is 0 Å². The van der Waals surface area contributed by atoms with Crippen LogP contribution in [0.3, 0.4) is 0 Å². The number of carbonyl (C=O) groups is 1. The highest BCUT2D eigenvalue weighted by molar-refractivity contribution is 7.88. The van der Waals surface area contributed by atoms with Crippen LogP contribution in [0.4, 0.5) is 10.2 Å². The number of sulfonamides is 1. The summed E-state index contributed by atoms with van der Waals surface area (Å²) in [6.07, 6.45) is 3.94. The number of nitrogens with zero attached hydrogens (tertiary/aromatic N) is 3. The van der Waals surface area contributed by atoms with E-state index in [-0.39, 0.29) is 23.9 Å². The summed E-state index contributed by atoms with van der Waals surface area (Å²) in [5.41, 5.74) is 7.88. The number of aromatic nitrogens is 2. The van der Waals surface area contributed by atoms with Gasteiger partial charge in [-0.3, -0.25) is 4.79 Å². The van der Waals surface area contributed by atoms with E-state index in [1.807, 2.05) is 6.07 Å². The van der Waals surface area contributed by atoms with Crippen LogP contribution >= 0.6 is 0 Å². The van der Waals surface area contributed by atoms with E-state index in [1.54, 1.807) is 36.5 Å². The lowest BCUT2D eigenvalue weighted by molar-refractivity contribution is 0.0912. The highest BCUT2D eigenvalue weighted by Crippen LogP contribution is 2.31. The van der Waals surface area contributed by atoms with Gasteiger partial charge in [0.1, 0.15) is 17.3 Å². The summed E-state index contributed by atoms with van der Waals surface area (Å²) in [5.74, 6) is -1.30. The Morgan fingerprint density at radius 3 is 2.53 bits per heavy atom. The van der Waals surface area contributed by atoms with E-state index in [2.05, 4.69) is 15.3 Å². The topological polar surface area (TPSA) is 139 Å². The van der Waals surface area contributed by atoms with E-state index < -0.39 is 27.8 Å². The molecule has 9 nitrogen and oxygen atoms in total. The zero-order valence-electron chi connectivity index (χ0n) is 19.8. The first kappa shape index (κ1) is 25.7. The third kappa shape index (κ3) is 5.69. The Balaban J connectivity index is 1.52. The third-order valence-corrected chi connectivity index (χ3v) is 7.64. The smallest absolute Gasteiger partial charge is 0.254 e. The lowest BCUT2D eigenvalue weighted by Crippen LogP contribution is -2.37. The van der Waals surface area contributed by atoms with E-state index in [1.165, 1.54) is 22.7 Å². The maximum Gasteiger partial charge on any atom is 0.254 e. The molecule has 3 aromatic rings. The molecule has 0 unspecified atom stereocenters. The molecule has 4 rings (SSSR count). The molecule has 0 radical (unpaired) electrons. The van der Waals surface area contributed by atoms with Gasteiger partial charge < -0.3 is 16.2 Å². The third-order valence-electron chi connectivity index (χ3n) is 6.34. The second-order valence-corrected chi connectivity index (χ2v) is 10.8. The number of benzene rings is 2. The highest BCUT2D eigenvalue weighted by atomic mass is 32.2. The maximum absolute atomic E-state index is 15.0. The summed E-state index contributed by atoms with van der Waals surface area (Å²) in [4.78, 5) is 21.6. The van der Waals surface area contributed by atoms with Crippen molar-refractivity contribution in [2.24, 2.45) is 0 Å². The minimum atomic E-state index is -3.24. The summed E-state index contributed by atoms with van der Waals surface area (Å²) in [7, 11) is -3.24. The second-order valence-electron chi connectivity index (χ2n) is 8.78. The van der Waals surface area contributed by atoms with Gasteiger partial charge in [-0.2, -0.15) is 0 Å². The van der Waals surface area contributed by atoms with Gasteiger partial charge in [-0.25, -0.2) is 27.1 Å². The molecule has 1 saturated heterocycles. The molecule has 1 aliphatic heterocycles. The molecule has 11 heteroatoms. The summed E-state index contributed by atoms with van der Waals surface area (Å²) in [5, 5.41) is 12.3. The molecule has 0 saturated carbocycles. The fraction of sp³-hybridized carbons (Fsp3) is 0.320. The molecule has 1 aromatic heterocycles. The van der Waals surface area contributed by atoms with Gasteiger partial charge in [0.25, 0.3) is 5.91 Å². The van der Waals surface area contributed by atoms with Crippen LogP contribution in [0.25, 0.3) is 11.3 Å². The quantitative estimate of drug-likeness (QED) is 0.441. The van der Waals surface area contributed by atoms with Crippen LogP contribution in [0, 0.1) is 5.82 Å². The number of hydrogen-bond acceptors (Lipinski definition) is 7. The van der Waals surface area contributed by atoms with Crippen molar-refractivity contribution in [2.75, 3.05) is 31.7 Å². The average molecular weight is 514 g/mol. The Hall–Kier alpha value is -3.41. The number of carbonyl (C=O) groups excluding carboxylic acids is 1. The van der Waals surface area contributed by atoms with Gasteiger partial charge in [0.2, 0.25) is 10.0 Å². The molecule has 190 valence electrons. The standard InChI is InChI=1S/C25H28FN5O4S/c1-36(34,35)31-11-9-17(10-12-31)21-14-28-24(27)23(29-21)18-7-8-19(20(26)13-18)25(33)30-22(15-32)16-5-3-2-4-6-16/h2-8,13-14,17,22,32H,9-12,15H2,1H3,(H2,27,28)(H,30,33)/t22-/m1/s1. The lowest BCUT2D eigenvalue weighted by Gasteiger charge is -2.29. The first-order valence-electron chi connectivity index (χ1n) is 11.5. The highest BCUT2D eigenvalue weighted by Gasteiger charge is 2.27. The summed E-state index contributed by atoms with van der Waals surface area (Å²) in [6, 6.07) is 12.3. The molecule has 1 aliphatic rings. The number of nitrogens with one attached hydrogen (secondary N) is 1. The zero-order valence-corrected chi connectivity index (χ0v) is 20.6. The predicted molar refractivity (Wildman–Crippen MR) is 134 cm³/mol. The van der Waals surface area contributed by atoms with E-state index in [9.17, 15) is 18.3 Å². The number of rotatable bonds is 7. The number of hydrogen-bond donors (Lipinski definition) is 3. The van der Waals surface area contributed by atoms with Gasteiger partial charge in [0.05, 0.1) is 36.4 Å². The number of amides is 1. The molecule has 0 spiro atoms. The van der Waals surface area contributed by atoms with Gasteiger partial charge in [-0.15, -0.1) is 0 Å². The van der Waals surface area contributed by atoms with Crippen LogP contribution in [-0.2, 0) is 10.0 Å². The molecular weight excluding hydrogens is 485 g/mol. The van der Waals surface area contributed by atoms with Crippen LogP contribution in [-0.4, -0.2) is 59.7 Å². The zero-order chi connectivity index (χ0) is 25.9. The molecule has 0 aliphatic carbocycles. The SMILES string of the molecule is CS(=O)(=O)N1CCC(c2cnc(N)c(-c3ccc(C(=O)N[C@H](CO)c4ccccc4)c(F)c3)n2)CC1. The number of halogens is 1. The number of anilines is 1. The fourth-order valence-corrected chi connectivity index (χ4v) is 5.18. The first-order chi connectivity index (χ1) is 17.2. The number of aliphatic hydroxyl groups is 1. The molecule has 2 aromatic carbocycles. The van der Waals surface area contributed by atoms with Crippen molar-refractivity contribution in [2.45, 2.75) is 24.8 Å². The summed E-state index contributed by atoms with van der Waals surface area (Å²) < 4.78 is 40.0. The Morgan fingerprint density at radius 2 is 1.92 bits per heavy atom. The van der Waals surface area contributed by atoms with Crippen LogP contribution in [0.15, 0.2) is 54.7 Å². The van der Waals surface area contributed by atoms with Gasteiger partial charge in [0, 0.05) is 24.6 Å². The molecule has 2 heterocycles. The maximum atomic E-state index is 15.0. The summed E-state index contributed by atoms with van der Waals surface area (Å²) in [6.45, 7) is 0.444. The minimum Gasteiger partial charge on any atom is -0.394 e. The molecule has 1 atom stereocenters. The van der Waals surface area contributed by atoms with Crippen molar-refractivity contribution in [1.82, 2.24) is 19.6 Å². The van der Waals surface area contributed by atoms with Crippen molar-refractivity contribution in [1.29, 1.82) is 0 Å². The molecular formula is C25H28FN5O4S. The molecule has 1 amide bonds. The molecule has 1 fully saturated rings. The van der Waals surface area contributed by atoms with Crippen LogP contribution in [0.1, 0.15) is 46.4 Å².